The van der Waals surface area contributed by atoms with Crippen molar-refractivity contribution in [2.45, 2.75) is 0 Å². The Morgan fingerprint density at radius 3 is 1.17 bits per heavy atom. The zero-order chi connectivity index (χ0) is 38.8. The molecule has 0 N–H and O–H groups in total. The molecule has 0 amide bonds. The van der Waals surface area contributed by atoms with Crippen molar-refractivity contribution in [2.75, 3.05) is 9.62 Å². The van der Waals surface area contributed by atoms with E-state index in [9.17, 15) is 0 Å². The maximum atomic E-state index is 2.63. The minimum Gasteiger partial charge on any atom is -0.359 e. The maximum absolute atomic E-state index is 2.63. The number of hydrogen-bond donors (Lipinski definition) is 0. The van der Waals surface area contributed by atoms with Gasteiger partial charge in [-0.1, -0.05) is 146 Å². The van der Waals surface area contributed by atoms with Gasteiger partial charge in [0.05, 0.1) is 22.4 Å². The highest BCUT2D eigenvalue weighted by Gasteiger charge is 2.49. The van der Waals surface area contributed by atoms with Crippen molar-refractivity contribution in [3.8, 4) is 44.5 Å². The molecule has 0 atom stereocenters. The molecule has 0 aliphatic carbocycles. The van der Waals surface area contributed by atoms with Gasteiger partial charge in [0, 0.05) is 55.1 Å². The van der Waals surface area contributed by atoms with Crippen LogP contribution in [0.2, 0.25) is 0 Å². The molecule has 11 aromatic rings. The molecule has 6 heterocycles. The molecule has 4 aliphatic heterocycles. The first-order valence-corrected chi connectivity index (χ1v) is 21.0. The van der Waals surface area contributed by atoms with Crippen LogP contribution in [0.1, 0.15) is 0 Å². The molecule has 0 unspecified atom stereocenters. The van der Waals surface area contributed by atoms with Crippen LogP contribution in [0.15, 0.2) is 194 Å². The highest BCUT2D eigenvalue weighted by atomic mass is 15.2. The average Bonchev–Trinajstić information content (AvgIpc) is 4.06. The molecule has 4 aliphatic rings. The van der Waals surface area contributed by atoms with Crippen LogP contribution in [-0.2, 0) is 0 Å². The molecule has 15 rings (SSSR count). The second kappa shape index (κ2) is 11.1. The van der Waals surface area contributed by atoms with E-state index in [0.29, 0.717) is 0 Å². The maximum Gasteiger partial charge on any atom is 0.421 e. The number of hydrogen-bond acceptors (Lipinski definition) is 2. The smallest absolute Gasteiger partial charge is 0.359 e. The van der Waals surface area contributed by atoms with Gasteiger partial charge in [-0.05, 0) is 92.8 Å². The number of para-hydroxylation sites is 4. The van der Waals surface area contributed by atoms with Crippen molar-refractivity contribution in [2.24, 2.45) is 0 Å². The third kappa shape index (κ3) is 3.76. The summed E-state index contributed by atoms with van der Waals surface area (Å²) in [4.78, 5) is 5.25. The van der Waals surface area contributed by atoms with Gasteiger partial charge in [-0.2, -0.15) is 0 Å². The van der Waals surface area contributed by atoms with Crippen molar-refractivity contribution in [1.29, 1.82) is 0 Å². The summed E-state index contributed by atoms with van der Waals surface area (Å²) in [7, 11) is 0. The largest absolute Gasteiger partial charge is 0.421 e. The van der Waals surface area contributed by atoms with Crippen LogP contribution in [0, 0.1) is 0 Å². The second-order valence-corrected chi connectivity index (χ2v) is 16.8. The van der Waals surface area contributed by atoms with Gasteiger partial charge in [0.2, 0.25) is 0 Å². The van der Waals surface area contributed by atoms with Crippen molar-refractivity contribution in [1.82, 2.24) is 8.96 Å². The average molecular weight is 759 g/mol. The van der Waals surface area contributed by atoms with Crippen LogP contribution in [0.3, 0.4) is 0 Å². The fourth-order valence-electron chi connectivity index (χ4n) is 11.6. The molecule has 6 heteroatoms. The molecule has 4 nitrogen and oxygen atoms in total. The van der Waals surface area contributed by atoms with E-state index in [1.165, 1.54) is 122 Å². The SMILES string of the molecule is c1ccc(-c2ccc3c(c2)-c2cc4c(cc2B2N3c3cccc5c6ccccc6n2c35)-c2cc(-c3ccccc3)ccc2N2B4n3c4ccccc4c4cccc2c43)cc1. The standard InChI is InChI=1S/C54H32B2N4/c1-3-13-33(14-4-1)35-25-27-49-43(29-35)41-31-46-42(32-45(41)55-57(49)51-23-11-19-39-37-17-7-9-21-47(37)59(55)53(39)51)44-30-36(34-15-5-2-6-16-34)26-28-50(44)58-52-24-12-20-40-38-18-8-10-22-48(38)60(54(40)52)56(46)58/h1-32H. The summed E-state index contributed by atoms with van der Waals surface area (Å²) in [5, 5.41) is 5.22. The van der Waals surface area contributed by atoms with Crippen LogP contribution in [0.5, 0.6) is 0 Å². The third-order valence-electron chi connectivity index (χ3n) is 14.0. The lowest BCUT2D eigenvalue weighted by molar-refractivity contribution is 1.29. The first-order chi connectivity index (χ1) is 29.8. The van der Waals surface area contributed by atoms with Crippen molar-refractivity contribution < 1.29 is 0 Å². The van der Waals surface area contributed by atoms with Crippen molar-refractivity contribution in [3.63, 3.8) is 0 Å². The van der Waals surface area contributed by atoms with E-state index in [1.807, 2.05) is 0 Å². The molecular formula is C54H32B2N4. The van der Waals surface area contributed by atoms with E-state index in [4.69, 9.17) is 0 Å². The fourth-order valence-corrected chi connectivity index (χ4v) is 11.6. The van der Waals surface area contributed by atoms with E-state index in [2.05, 4.69) is 213 Å². The minimum absolute atomic E-state index is 0.0566. The Labute approximate surface area is 347 Å². The first-order valence-electron chi connectivity index (χ1n) is 21.0. The summed E-state index contributed by atoms with van der Waals surface area (Å²) in [6.07, 6.45) is 0. The lowest BCUT2D eigenvalue weighted by Gasteiger charge is -2.39. The molecular weight excluding hydrogens is 726 g/mol. The Bertz CT molecular complexity index is 3450. The lowest BCUT2D eigenvalue weighted by Crippen LogP contribution is -2.55. The molecule has 0 radical (unpaired) electrons. The summed E-state index contributed by atoms with van der Waals surface area (Å²) >= 11 is 0. The van der Waals surface area contributed by atoms with Crippen LogP contribution in [-0.4, -0.2) is 22.9 Å². The fraction of sp³-hybridized carbons (Fsp3) is 0. The van der Waals surface area contributed by atoms with Gasteiger partial charge in [-0.15, -0.1) is 0 Å². The molecule has 0 saturated carbocycles. The normalized spacial score (nSPS) is 13.9. The first kappa shape index (κ1) is 31.3. The van der Waals surface area contributed by atoms with E-state index in [1.54, 1.807) is 0 Å². The second-order valence-electron chi connectivity index (χ2n) is 16.8. The summed E-state index contributed by atoms with van der Waals surface area (Å²) in [6, 6.07) is 72.9. The topological polar surface area (TPSA) is 16.3 Å². The Kier molecular flexibility index (Phi) is 5.78. The number of rotatable bonds is 2. The van der Waals surface area contributed by atoms with E-state index in [-0.39, 0.29) is 14.0 Å². The zero-order valence-electron chi connectivity index (χ0n) is 32.4. The van der Waals surface area contributed by atoms with Crippen LogP contribution < -0.4 is 20.5 Å². The molecule has 0 saturated heterocycles. The molecule has 0 bridgehead atoms. The van der Waals surface area contributed by atoms with Gasteiger partial charge in [0.25, 0.3) is 0 Å². The van der Waals surface area contributed by atoms with Gasteiger partial charge in [-0.25, -0.2) is 0 Å². The summed E-state index contributed by atoms with van der Waals surface area (Å²) < 4.78 is 5.26. The van der Waals surface area contributed by atoms with Crippen LogP contribution in [0.4, 0.5) is 22.7 Å². The summed E-state index contributed by atoms with van der Waals surface area (Å²) in [5.41, 5.74) is 22.9. The van der Waals surface area contributed by atoms with E-state index in [0.717, 1.165) is 0 Å². The van der Waals surface area contributed by atoms with Crippen molar-refractivity contribution >= 4 is 91.3 Å². The number of nitrogens with zero attached hydrogens (tertiary/aromatic N) is 4. The lowest BCUT2D eigenvalue weighted by atomic mass is 9.54. The monoisotopic (exact) mass is 758 g/mol. The Hall–Kier alpha value is -7.69. The Morgan fingerprint density at radius 1 is 0.283 bits per heavy atom. The van der Waals surface area contributed by atoms with Gasteiger partial charge >= 0.3 is 14.0 Å². The minimum atomic E-state index is -0.0566. The number of benzene rings is 9. The highest BCUT2D eigenvalue weighted by Crippen LogP contribution is 2.53. The highest BCUT2D eigenvalue weighted by molar-refractivity contribution is 6.85. The molecule has 0 fully saturated rings. The molecule has 9 aromatic carbocycles. The number of anilines is 4. The van der Waals surface area contributed by atoms with Gasteiger partial charge in [-0.3, -0.25) is 0 Å². The van der Waals surface area contributed by atoms with Crippen molar-refractivity contribution in [3.05, 3.63) is 194 Å². The van der Waals surface area contributed by atoms with Crippen LogP contribution >= 0.6 is 0 Å². The summed E-state index contributed by atoms with van der Waals surface area (Å²) in [5.74, 6) is 0. The summed E-state index contributed by atoms with van der Waals surface area (Å²) in [6.45, 7) is -0.113. The molecule has 2 aromatic heterocycles. The number of aromatic nitrogens is 2. The number of fused-ring (bicyclic) bond motifs is 22. The van der Waals surface area contributed by atoms with Gasteiger partial charge in [0.1, 0.15) is 0 Å². The van der Waals surface area contributed by atoms with Crippen LogP contribution in [0.25, 0.3) is 88.1 Å². The zero-order valence-corrected chi connectivity index (χ0v) is 32.4. The molecule has 274 valence electrons. The predicted octanol–water partition coefficient (Wildman–Crippen LogP) is 12.0. The van der Waals surface area contributed by atoms with E-state index < -0.39 is 0 Å². The van der Waals surface area contributed by atoms with Gasteiger partial charge in [0.15, 0.2) is 0 Å². The third-order valence-corrected chi connectivity index (χ3v) is 14.0. The molecule has 60 heavy (non-hydrogen) atoms. The van der Waals surface area contributed by atoms with Gasteiger partial charge < -0.3 is 18.6 Å². The Balaban J connectivity index is 1.08. The Morgan fingerprint density at radius 2 is 0.700 bits per heavy atom. The molecule has 0 spiro atoms. The quantitative estimate of drug-likeness (QED) is 0.163. The van der Waals surface area contributed by atoms with E-state index >= 15 is 0 Å². The predicted molar refractivity (Wildman–Crippen MR) is 253 cm³/mol.